The molecule has 1 atom stereocenters. The van der Waals surface area contributed by atoms with Gasteiger partial charge < -0.3 is 14.6 Å². The zero-order chi connectivity index (χ0) is 19.5. The Kier molecular flexibility index (Phi) is 5.73. The molecule has 2 heterocycles. The summed E-state index contributed by atoms with van der Waals surface area (Å²) in [6.45, 7) is 2.38. The van der Waals surface area contributed by atoms with Gasteiger partial charge in [0, 0.05) is 29.9 Å². The van der Waals surface area contributed by atoms with Gasteiger partial charge in [-0.05, 0) is 49.7 Å². The lowest BCUT2D eigenvalue weighted by atomic mass is 9.98. The van der Waals surface area contributed by atoms with Gasteiger partial charge in [-0.15, -0.1) is 0 Å². The van der Waals surface area contributed by atoms with Gasteiger partial charge in [-0.2, -0.15) is 0 Å². The van der Waals surface area contributed by atoms with Crippen LogP contribution in [0.5, 0.6) is 0 Å². The molecule has 1 aliphatic rings. The Morgan fingerprint density at radius 3 is 3.00 bits per heavy atom. The molecule has 2 aromatic carbocycles. The first-order valence-corrected chi connectivity index (χ1v) is 10.2. The molecular formula is C21H21BrFN3O2. The molecule has 7 heteroatoms. The van der Waals surface area contributed by atoms with E-state index in [4.69, 9.17) is 4.42 Å². The average Bonchev–Trinajstić information content (AvgIpc) is 3.13. The minimum Gasteiger partial charge on any atom is -0.440 e. The van der Waals surface area contributed by atoms with Crippen molar-refractivity contribution in [3.8, 4) is 0 Å². The van der Waals surface area contributed by atoms with Crippen LogP contribution >= 0.6 is 15.9 Å². The number of hydrogen-bond donors (Lipinski definition) is 1. The van der Waals surface area contributed by atoms with E-state index in [9.17, 15) is 9.18 Å². The van der Waals surface area contributed by atoms with Crippen molar-refractivity contribution in [1.82, 2.24) is 9.88 Å². The molecule has 5 nitrogen and oxygen atoms in total. The lowest BCUT2D eigenvalue weighted by molar-refractivity contribution is -0.116. The van der Waals surface area contributed by atoms with Gasteiger partial charge in [0.15, 0.2) is 11.5 Å². The molecule has 0 saturated carbocycles. The van der Waals surface area contributed by atoms with Crippen LogP contribution in [-0.4, -0.2) is 35.4 Å². The van der Waals surface area contributed by atoms with Gasteiger partial charge in [-0.1, -0.05) is 28.1 Å². The quantitative estimate of drug-likeness (QED) is 0.604. The fourth-order valence-electron chi connectivity index (χ4n) is 3.59. The maximum absolute atomic E-state index is 13.9. The highest BCUT2D eigenvalue weighted by Gasteiger charge is 2.25. The summed E-state index contributed by atoms with van der Waals surface area (Å²) in [5.41, 5.74) is 1.90. The summed E-state index contributed by atoms with van der Waals surface area (Å²) in [6.07, 6.45) is 2.38. The summed E-state index contributed by atoms with van der Waals surface area (Å²) in [6, 6.07) is 12.4. The Morgan fingerprint density at radius 1 is 1.32 bits per heavy atom. The highest BCUT2D eigenvalue weighted by Crippen LogP contribution is 2.29. The SMILES string of the molecule is O=C(CCN1CCCC(c2nc3ccccc3o2)C1)Nc1ccc(Br)cc1F. The zero-order valence-corrected chi connectivity index (χ0v) is 16.9. The van der Waals surface area contributed by atoms with Crippen LogP contribution in [0.25, 0.3) is 11.1 Å². The maximum Gasteiger partial charge on any atom is 0.225 e. The van der Waals surface area contributed by atoms with Crippen molar-refractivity contribution in [1.29, 1.82) is 0 Å². The van der Waals surface area contributed by atoms with Crippen LogP contribution < -0.4 is 5.32 Å². The number of oxazole rings is 1. The van der Waals surface area contributed by atoms with Crippen LogP contribution in [0.2, 0.25) is 0 Å². The second-order valence-electron chi connectivity index (χ2n) is 7.08. The summed E-state index contributed by atoms with van der Waals surface area (Å²) >= 11 is 3.21. The Balaban J connectivity index is 1.33. The highest BCUT2D eigenvalue weighted by molar-refractivity contribution is 9.10. The largest absolute Gasteiger partial charge is 0.440 e. The third-order valence-corrected chi connectivity index (χ3v) is 5.52. The van der Waals surface area contributed by atoms with Crippen molar-refractivity contribution >= 4 is 38.6 Å². The minimum absolute atomic E-state index is 0.190. The number of anilines is 1. The first-order chi connectivity index (χ1) is 13.6. The second kappa shape index (κ2) is 8.41. The van der Waals surface area contributed by atoms with E-state index >= 15 is 0 Å². The molecule has 0 radical (unpaired) electrons. The number of benzene rings is 2. The van der Waals surface area contributed by atoms with Crippen LogP contribution in [-0.2, 0) is 4.79 Å². The van der Waals surface area contributed by atoms with E-state index in [1.807, 2.05) is 24.3 Å². The molecule has 1 aliphatic heterocycles. The number of fused-ring (bicyclic) bond motifs is 1. The molecular weight excluding hydrogens is 425 g/mol. The first-order valence-electron chi connectivity index (χ1n) is 9.41. The van der Waals surface area contributed by atoms with Crippen molar-refractivity contribution in [2.75, 3.05) is 25.0 Å². The predicted molar refractivity (Wildman–Crippen MR) is 110 cm³/mol. The van der Waals surface area contributed by atoms with E-state index in [2.05, 4.69) is 31.1 Å². The number of hydrogen-bond acceptors (Lipinski definition) is 4. The monoisotopic (exact) mass is 445 g/mol. The van der Waals surface area contributed by atoms with E-state index in [-0.39, 0.29) is 17.5 Å². The minimum atomic E-state index is -0.447. The summed E-state index contributed by atoms with van der Waals surface area (Å²) < 4.78 is 20.4. The summed E-state index contributed by atoms with van der Waals surface area (Å²) in [7, 11) is 0. The van der Waals surface area contributed by atoms with E-state index in [1.165, 1.54) is 6.07 Å². The summed E-state index contributed by atoms with van der Waals surface area (Å²) in [5.74, 6) is 0.363. The molecule has 0 bridgehead atoms. The van der Waals surface area contributed by atoms with Gasteiger partial charge in [-0.25, -0.2) is 9.37 Å². The van der Waals surface area contributed by atoms with Crippen molar-refractivity contribution in [3.05, 3.63) is 58.6 Å². The fourth-order valence-corrected chi connectivity index (χ4v) is 3.92. The third kappa shape index (κ3) is 4.42. The van der Waals surface area contributed by atoms with Gasteiger partial charge in [0.1, 0.15) is 11.3 Å². The number of likely N-dealkylation sites (tertiary alicyclic amines) is 1. The van der Waals surface area contributed by atoms with Crippen molar-refractivity contribution in [2.45, 2.75) is 25.2 Å². The van der Waals surface area contributed by atoms with E-state index in [0.29, 0.717) is 17.4 Å². The molecule has 146 valence electrons. The molecule has 1 fully saturated rings. The molecule has 1 saturated heterocycles. The number of nitrogens with one attached hydrogen (secondary N) is 1. The number of carbonyl (C=O) groups excluding carboxylic acids is 1. The Morgan fingerprint density at radius 2 is 2.18 bits per heavy atom. The van der Waals surface area contributed by atoms with Crippen LogP contribution in [0.15, 0.2) is 51.4 Å². The topological polar surface area (TPSA) is 58.4 Å². The number of carbonyl (C=O) groups is 1. The zero-order valence-electron chi connectivity index (χ0n) is 15.3. The molecule has 3 aromatic rings. The van der Waals surface area contributed by atoms with Crippen LogP contribution in [0.4, 0.5) is 10.1 Å². The van der Waals surface area contributed by atoms with Crippen molar-refractivity contribution < 1.29 is 13.6 Å². The van der Waals surface area contributed by atoms with E-state index in [1.54, 1.807) is 12.1 Å². The fraction of sp³-hybridized carbons (Fsp3) is 0.333. The molecule has 28 heavy (non-hydrogen) atoms. The molecule has 1 N–H and O–H groups in total. The van der Waals surface area contributed by atoms with Gasteiger partial charge in [-0.3, -0.25) is 4.79 Å². The van der Waals surface area contributed by atoms with E-state index < -0.39 is 5.82 Å². The molecule has 0 spiro atoms. The number of aromatic nitrogens is 1. The smallest absolute Gasteiger partial charge is 0.225 e. The lowest BCUT2D eigenvalue weighted by Gasteiger charge is -2.30. The Bertz CT molecular complexity index is 958. The van der Waals surface area contributed by atoms with Crippen molar-refractivity contribution in [3.63, 3.8) is 0 Å². The van der Waals surface area contributed by atoms with Gasteiger partial charge >= 0.3 is 0 Å². The third-order valence-electron chi connectivity index (χ3n) is 5.03. The number of para-hydroxylation sites is 2. The highest BCUT2D eigenvalue weighted by atomic mass is 79.9. The number of halogens is 2. The summed E-state index contributed by atoms with van der Waals surface area (Å²) in [4.78, 5) is 19.1. The molecule has 1 unspecified atom stereocenters. The summed E-state index contributed by atoms with van der Waals surface area (Å²) in [5, 5.41) is 2.65. The van der Waals surface area contributed by atoms with Crippen LogP contribution in [0, 0.1) is 5.82 Å². The number of rotatable bonds is 5. The number of amides is 1. The van der Waals surface area contributed by atoms with Gasteiger partial charge in [0.25, 0.3) is 0 Å². The second-order valence-corrected chi connectivity index (χ2v) is 8.00. The lowest BCUT2D eigenvalue weighted by Crippen LogP contribution is -2.36. The standard InChI is InChI=1S/C21H21BrFN3O2/c22-15-7-8-17(16(23)12-15)24-20(27)9-11-26-10-3-4-14(13-26)21-25-18-5-1-2-6-19(18)28-21/h1-2,5-8,12,14H,3-4,9-11,13H2,(H,24,27). The molecule has 0 aliphatic carbocycles. The van der Waals surface area contributed by atoms with Crippen molar-refractivity contribution in [2.24, 2.45) is 0 Å². The van der Waals surface area contributed by atoms with Gasteiger partial charge in [0.2, 0.25) is 5.91 Å². The van der Waals surface area contributed by atoms with Gasteiger partial charge in [0.05, 0.1) is 5.69 Å². The normalized spacial score (nSPS) is 17.7. The molecule has 1 aromatic heterocycles. The molecule has 1 amide bonds. The van der Waals surface area contributed by atoms with Crippen LogP contribution in [0.1, 0.15) is 31.1 Å². The first kappa shape index (κ1) is 19.1. The molecule has 4 rings (SSSR count). The maximum atomic E-state index is 13.9. The Hall–Kier alpha value is -2.25. The number of nitrogens with zero attached hydrogens (tertiary/aromatic N) is 2. The van der Waals surface area contributed by atoms with Crippen LogP contribution in [0.3, 0.4) is 0 Å². The van der Waals surface area contributed by atoms with E-state index in [0.717, 1.165) is 42.9 Å². The predicted octanol–water partition coefficient (Wildman–Crippen LogP) is 4.94. The number of piperidine rings is 1. The average molecular weight is 446 g/mol. The Labute approximate surface area is 171 Å².